The molecule has 2 aliphatic rings. The van der Waals surface area contributed by atoms with Gasteiger partial charge in [-0.2, -0.15) is 0 Å². The summed E-state index contributed by atoms with van der Waals surface area (Å²) < 4.78 is 32.6. The Kier molecular flexibility index (Phi) is 5.31. The van der Waals surface area contributed by atoms with Gasteiger partial charge in [0.05, 0.1) is 30.0 Å². The number of hydrogen-bond acceptors (Lipinski definition) is 6. The summed E-state index contributed by atoms with van der Waals surface area (Å²) in [5.41, 5.74) is -1.40. The highest BCUT2D eigenvalue weighted by Gasteiger charge is 2.53. The van der Waals surface area contributed by atoms with Crippen LogP contribution in [0.4, 0.5) is 9.18 Å². The van der Waals surface area contributed by atoms with Crippen LogP contribution in [0.1, 0.15) is 52.8 Å². The van der Waals surface area contributed by atoms with Crippen LogP contribution in [0.5, 0.6) is 0 Å². The molecule has 0 bridgehead atoms. The lowest BCUT2D eigenvalue weighted by Gasteiger charge is -2.32. The number of amides is 1. The Balaban J connectivity index is 1.65. The van der Waals surface area contributed by atoms with Crippen LogP contribution in [0.3, 0.4) is 0 Å². The molecule has 2 fully saturated rings. The van der Waals surface area contributed by atoms with Crippen molar-refractivity contribution >= 4 is 19.3 Å². The average molecular weight is 380 g/mol. The highest BCUT2D eigenvalue weighted by Crippen LogP contribution is 2.39. The molecule has 1 amide bonds. The average Bonchev–Trinajstić information content (AvgIpc) is 3.26. The molecule has 148 valence electrons. The summed E-state index contributed by atoms with van der Waals surface area (Å²) in [4.78, 5) is 13.4. The van der Waals surface area contributed by atoms with Crippen LogP contribution in [0, 0.1) is 0 Å². The van der Waals surface area contributed by atoms with Gasteiger partial charge in [0, 0.05) is 13.1 Å². The minimum atomic E-state index is -1.06. The predicted octanol–water partition coefficient (Wildman–Crippen LogP) is 2.62. The summed E-state index contributed by atoms with van der Waals surface area (Å²) in [5, 5.41) is 8.07. The van der Waals surface area contributed by atoms with E-state index in [1.807, 2.05) is 27.7 Å². The van der Waals surface area contributed by atoms with Crippen molar-refractivity contribution in [2.75, 3.05) is 19.7 Å². The number of nitrogens with zero attached hydrogens (tertiary/aromatic N) is 4. The van der Waals surface area contributed by atoms with Crippen LogP contribution in [-0.4, -0.2) is 64.0 Å². The third-order valence-corrected chi connectivity index (χ3v) is 5.36. The quantitative estimate of drug-likeness (QED) is 0.748. The zero-order valence-corrected chi connectivity index (χ0v) is 16.4. The molecule has 8 nitrogen and oxygen atoms in total. The first kappa shape index (κ1) is 19.8. The van der Waals surface area contributed by atoms with Crippen LogP contribution in [-0.2, 0) is 14.0 Å². The molecule has 0 N–H and O–H groups in total. The summed E-state index contributed by atoms with van der Waals surface area (Å²) in [5.74, 6) is 0. The number of aromatic nitrogens is 3. The molecular weight excluding hydrogens is 354 g/mol. The number of halogens is 1. The molecule has 1 atom stereocenters. The second-order valence-electron chi connectivity index (χ2n) is 7.83. The van der Waals surface area contributed by atoms with Crippen molar-refractivity contribution in [2.24, 2.45) is 0 Å². The van der Waals surface area contributed by atoms with Gasteiger partial charge in [0.15, 0.2) is 0 Å². The van der Waals surface area contributed by atoms with Gasteiger partial charge in [-0.15, -0.1) is 5.10 Å². The lowest BCUT2D eigenvalue weighted by atomic mass is 9.87. The SMILES string of the molecule is CCOC(=O)N1CCC(n2cc(C=C(F)B3OC(C)(C)C(C)(C)O3)nn2)C1. The molecule has 1 unspecified atom stereocenters. The summed E-state index contributed by atoms with van der Waals surface area (Å²) in [6.07, 6.45) is 3.34. The summed E-state index contributed by atoms with van der Waals surface area (Å²) in [6.45, 7) is 10.7. The summed E-state index contributed by atoms with van der Waals surface area (Å²) in [6, 6.07) is -0.0102. The van der Waals surface area contributed by atoms with Crippen molar-refractivity contribution in [1.82, 2.24) is 19.9 Å². The minimum Gasteiger partial charge on any atom is -0.450 e. The Morgan fingerprint density at radius 3 is 2.70 bits per heavy atom. The standard InChI is InChI=1S/C17H26BFN4O4/c1-6-25-15(24)22-8-7-13(11-22)23-10-12(20-21-23)9-14(19)18-26-16(2,3)17(4,5)27-18/h9-10,13H,6-8,11H2,1-5H3. The predicted molar refractivity (Wildman–Crippen MR) is 97.4 cm³/mol. The molecule has 0 spiro atoms. The van der Waals surface area contributed by atoms with E-state index >= 15 is 0 Å². The van der Waals surface area contributed by atoms with E-state index in [2.05, 4.69) is 10.3 Å². The Bertz CT molecular complexity index is 720. The maximum absolute atomic E-state index is 14.6. The lowest BCUT2D eigenvalue weighted by Crippen LogP contribution is -2.41. The first-order valence-electron chi connectivity index (χ1n) is 9.19. The third kappa shape index (κ3) is 4.01. The highest BCUT2D eigenvalue weighted by atomic mass is 19.1. The normalized spacial score (nSPS) is 24.5. The van der Waals surface area contributed by atoms with Crippen LogP contribution in [0.15, 0.2) is 11.9 Å². The number of rotatable bonds is 4. The van der Waals surface area contributed by atoms with E-state index in [-0.39, 0.29) is 12.1 Å². The van der Waals surface area contributed by atoms with E-state index in [0.717, 1.165) is 6.42 Å². The lowest BCUT2D eigenvalue weighted by molar-refractivity contribution is 0.00578. The summed E-state index contributed by atoms with van der Waals surface area (Å²) >= 11 is 0. The molecule has 0 radical (unpaired) electrons. The van der Waals surface area contributed by atoms with Crippen molar-refractivity contribution in [1.29, 1.82) is 0 Å². The molecule has 0 aromatic carbocycles. The fourth-order valence-corrected chi connectivity index (χ4v) is 3.04. The highest BCUT2D eigenvalue weighted by molar-refractivity contribution is 6.54. The Hall–Kier alpha value is -1.94. The van der Waals surface area contributed by atoms with Crippen LogP contribution in [0.25, 0.3) is 6.08 Å². The van der Waals surface area contributed by atoms with Crippen molar-refractivity contribution in [3.63, 3.8) is 0 Å². The first-order chi connectivity index (χ1) is 12.6. The van der Waals surface area contributed by atoms with Gasteiger partial charge in [0.25, 0.3) is 0 Å². The summed E-state index contributed by atoms with van der Waals surface area (Å²) in [7, 11) is -1.06. The van der Waals surface area contributed by atoms with Gasteiger partial charge >= 0.3 is 13.2 Å². The topological polar surface area (TPSA) is 78.7 Å². The molecule has 3 heterocycles. The van der Waals surface area contributed by atoms with Crippen molar-refractivity contribution in [2.45, 2.75) is 58.3 Å². The fourth-order valence-electron chi connectivity index (χ4n) is 3.04. The second-order valence-corrected chi connectivity index (χ2v) is 7.83. The van der Waals surface area contributed by atoms with Crippen LogP contribution in [0.2, 0.25) is 0 Å². The van der Waals surface area contributed by atoms with Gasteiger partial charge in [0.2, 0.25) is 0 Å². The number of likely N-dealkylation sites (tertiary alicyclic amines) is 1. The van der Waals surface area contributed by atoms with E-state index in [1.165, 1.54) is 6.08 Å². The van der Waals surface area contributed by atoms with E-state index in [1.54, 1.807) is 22.7 Å². The molecule has 2 saturated heterocycles. The van der Waals surface area contributed by atoms with Gasteiger partial charge in [-0.1, -0.05) is 5.21 Å². The fraction of sp³-hybridized carbons (Fsp3) is 0.706. The molecule has 1 aromatic rings. The number of carbonyl (C=O) groups excluding carboxylic acids is 1. The van der Waals surface area contributed by atoms with Gasteiger partial charge < -0.3 is 18.9 Å². The largest absolute Gasteiger partial charge is 0.525 e. The molecular formula is C17H26BFN4O4. The van der Waals surface area contributed by atoms with Gasteiger partial charge in [-0.3, -0.25) is 0 Å². The van der Waals surface area contributed by atoms with Crippen molar-refractivity contribution in [3.8, 4) is 0 Å². The minimum absolute atomic E-state index is 0.0102. The van der Waals surface area contributed by atoms with E-state index in [0.29, 0.717) is 25.4 Å². The Morgan fingerprint density at radius 1 is 1.41 bits per heavy atom. The monoisotopic (exact) mass is 380 g/mol. The van der Waals surface area contributed by atoms with E-state index in [9.17, 15) is 9.18 Å². The van der Waals surface area contributed by atoms with Gasteiger partial charge in [-0.05, 0) is 47.1 Å². The van der Waals surface area contributed by atoms with Gasteiger partial charge in [-0.25, -0.2) is 13.9 Å². The Morgan fingerprint density at radius 2 is 2.07 bits per heavy atom. The number of ether oxygens (including phenoxy) is 1. The van der Waals surface area contributed by atoms with Crippen LogP contribution >= 0.6 is 0 Å². The van der Waals surface area contributed by atoms with E-state index < -0.39 is 24.0 Å². The Labute approximate surface area is 158 Å². The molecule has 10 heteroatoms. The molecule has 2 aliphatic heterocycles. The number of hydrogen-bond donors (Lipinski definition) is 0. The maximum atomic E-state index is 14.6. The zero-order valence-electron chi connectivity index (χ0n) is 16.4. The first-order valence-corrected chi connectivity index (χ1v) is 9.19. The third-order valence-electron chi connectivity index (χ3n) is 5.36. The van der Waals surface area contributed by atoms with Gasteiger partial charge in [0.1, 0.15) is 11.4 Å². The molecule has 27 heavy (non-hydrogen) atoms. The molecule has 0 saturated carbocycles. The molecule has 1 aromatic heterocycles. The van der Waals surface area contributed by atoms with Crippen LogP contribution < -0.4 is 0 Å². The molecule has 0 aliphatic carbocycles. The zero-order chi connectivity index (χ0) is 19.8. The number of carbonyl (C=O) groups is 1. The van der Waals surface area contributed by atoms with E-state index in [4.69, 9.17) is 14.0 Å². The smallest absolute Gasteiger partial charge is 0.450 e. The second kappa shape index (κ2) is 7.24. The van der Waals surface area contributed by atoms with Crippen molar-refractivity contribution < 1.29 is 23.2 Å². The maximum Gasteiger partial charge on any atom is 0.525 e. The van der Waals surface area contributed by atoms with Crippen molar-refractivity contribution in [3.05, 3.63) is 17.6 Å². The molecule has 3 rings (SSSR count).